The molecule has 3 heterocycles. The summed E-state index contributed by atoms with van der Waals surface area (Å²) in [6, 6.07) is 12.1. The van der Waals surface area contributed by atoms with E-state index in [0.717, 1.165) is 60.6 Å². The van der Waals surface area contributed by atoms with Crippen molar-refractivity contribution < 1.29 is 14.2 Å². The first-order chi connectivity index (χ1) is 17.1. The monoisotopic (exact) mass is 479 g/mol. The Morgan fingerprint density at radius 3 is 2.74 bits per heavy atom. The number of aromatic hydroxyl groups is 1. The number of halogens is 1. The van der Waals surface area contributed by atoms with E-state index in [1.807, 2.05) is 24.3 Å². The Morgan fingerprint density at radius 1 is 1.14 bits per heavy atom. The first-order valence-electron chi connectivity index (χ1n) is 12.7. The van der Waals surface area contributed by atoms with Gasteiger partial charge in [0.2, 0.25) is 0 Å². The van der Waals surface area contributed by atoms with Crippen LogP contribution in [-0.4, -0.2) is 72.0 Å². The van der Waals surface area contributed by atoms with Gasteiger partial charge in [-0.15, -0.1) is 0 Å². The van der Waals surface area contributed by atoms with E-state index in [2.05, 4.69) is 34.6 Å². The number of likely N-dealkylation sites (tertiary alicyclic amines) is 1. The second-order valence-corrected chi connectivity index (χ2v) is 9.32. The number of phenolic OH excluding ortho intramolecular Hbond substituents is 1. The lowest BCUT2D eigenvalue weighted by Crippen LogP contribution is -2.34. The number of nitrogens with zero attached hydrogens (tertiary/aromatic N) is 5. The Balaban J connectivity index is 1.43. The molecule has 2 aliphatic rings. The van der Waals surface area contributed by atoms with Gasteiger partial charge in [-0.2, -0.15) is 9.97 Å². The summed E-state index contributed by atoms with van der Waals surface area (Å²) < 4.78 is 19.5. The van der Waals surface area contributed by atoms with Crippen LogP contribution < -0.4 is 14.5 Å². The smallest absolute Gasteiger partial charge is 0.318 e. The fraction of sp³-hybridized carbons (Fsp3) is 0.481. The third-order valence-corrected chi connectivity index (χ3v) is 7.10. The number of hydrogen-bond acceptors (Lipinski definition) is 7. The predicted octanol–water partition coefficient (Wildman–Crippen LogP) is 4.17. The molecule has 186 valence electrons. The largest absolute Gasteiger partial charge is 0.508 e. The first-order valence-corrected chi connectivity index (χ1v) is 12.7. The van der Waals surface area contributed by atoms with E-state index >= 15 is 0 Å². The summed E-state index contributed by atoms with van der Waals surface area (Å²) >= 11 is 0. The zero-order valence-corrected chi connectivity index (χ0v) is 20.6. The summed E-state index contributed by atoms with van der Waals surface area (Å²) in [7, 11) is 0. The van der Waals surface area contributed by atoms with Crippen molar-refractivity contribution in [3.63, 3.8) is 0 Å². The lowest BCUT2D eigenvalue weighted by molar-refractivity contribution is 0.214. The maximum atomic E-state index is 13.5. The van der Waals surface area contributed by atoms with E-state index in [1.165, 1.54) is 5.56 Å². The normalized spacial score (nSPS) is 18.1. The van der Waals surface area contributed by atoms with Crippen LogP contribution in [0.2, 0.25) is 0 Å². The van der Waals surface area contributed by atoms with Crippen LogP contribution in [0.25, 0.3) is 10.8 Å². The fourth-order valence-electron chi connectivity index (χ4n) is 5.23. The van der Waals surface area contributed by atoms with Gasteiger partial charge in [0.05, 0.1) is 12.2 Å². The van der Waals surface area contributed by atoms with Gasteiger partial charge in [-0.25, -0.2) is 4.39 Å². The molecule has 0 radical (unpaired) electrons. The van der Waals surface area contributed by atoms with E-state index in [9.17, 15) is 9.50 Å². The predicted molar refractivity (Wildman–Crippen MR) is 137 cm³/mol. The minimum absolute atomic E-state index is 0.262. The molecule has 7 nitrogen and oxygen atoms in total. The third-order valence-electron chi connectivity index (χ3n) is 7.10. The van der Waals surface area contributed by atoms with Gasteiger partial charge in [-0.3, -0.25) is 4.90 Å². The number of ether oxygens (including phenoxy) is 1. The number of rotatable bonds is 8. The second kappa shape index (κ2) is 10.2. The highest BCUT2D eigenvalue weighted by Gasteiger charge is 2.27. The zero-order valence-electron chi connectivity index (χ0n) is 20.6. The molecule has 3 aromatic rings. The summed E-state index contributed by atoms with van der Waals surface area (Å²) in [4.78, 5) is 16.2. The number of phenols is 1. The van der Waals surface area contributed by atoms with E-state index in [0.29, 0.717) is 38.7 Å². The van der Waals surface area contributed by atoms with Crippen molar-refractivity contribution in [3.05, 3.63) is 47.7 Å². The Morgan fingerprint density at radius 2 is 1.97 bits per heavy atom. The standard InChI is InChI=1S/C27H34FN5O2/c1-3-32(4-2)26-23-10-12-33(25-16-21(34)15-19-7-5-6-8-22(19)25)18-24(23)29-27(30-26)35-14-13-31-11-9-20(28)17-31/h5-8,15-16,20,34H,3-4,9-14,17-18H2,1-2H3/t20-/m0/s1. The van der Waals surface area contributed by atoms with Crippen molar-refractivity contribution >= 4 is 22.3 Å². The number of benzene rings is 2. The van der Waals surface area contributed by atoms with Gasteiger partial charge in [0.25, 0.3) is 0 Å². The summed E-state index contributed by atoms with van der Waals surface area (Å²) in [6.45, 7) is 9.76. The molecule has 0 aliphatic carbocycles. The highest BCUT2D eigenvalue weighted by atomic mass is 19.1. The molecule has 0 saturated carbocycles. The zero-order chi connectivity index (χ0) is 24.4. The van der Waals surface area contributed by atoms with Crippen LogP contribution in [0.4, 0.5) is 15.9 Å². The van der Waals surface area contributed by atoms with Gasteiger partial charge in [0, 0.05) is 62.0 Å². The lowest BCUT2D eigenvalue weighted by Gasteiger charge is -2.33. The lowest BCUT2D eigenvalue weighted by atomic mass is 10.0. The van der Waals surface area contributed by atoms with Crippen molar-refractivity contribution in [2.45, 2.75) is 39.4 Å². The summed E-state index contributed by atoms with van der Waals surface area (Å²) in [6.07, 6.45) is 0.682. The van der Waals surface area contributed by atoms with Gasteiger partial charge < -0.3 is 19.6 Å². The summed E-state index contributed by atoms with van der Waals surface area (Å²) in [5.41, 5.74) is 3.13. The molecule has 2 aromatic carbocycles. The average molecular weight is 480 g/mol. The summed E-state index contributed by atoms with van der Waals surface area (Å²) in [5.74, 6) is 1.21. The molecule has 1 N–H and O–H groups in total. The molecule has 8 heteroatoms. The Kier molecular flexibility index (Phi) is 6.90. The topological polar surface area (TPSA) is 65.0 Å². The number of aromatic nitrogens is 2. The highest BCUT2D eigenvalue weighted by molar-refractivity contribution is 5.95. The van der Waals surface area contributed by atoms with Crippen LogP contribution in [0.1, 0.15) is 31.5 Å². The van der Waals surface area contributed by atoms with Crippen molar-refractivity contribution in [2.24, 2.45) is 0 Å². The molecule has 5 rings (SSSR count). The van der Waals surface area contributed by atoms with Crippen molar-refractivity contribution in [1.29, 1.82) is 0 Å². The van der Waals surface area contributed by atoms with E-state index in [-0.39, 0.29) is 5.75 Å². The van der Waals surface area contributed by atoms with Crippen molar-refractivity contribution in [3.8, 4) is 11.8 Å². The van der Waals surface area contributed by atoms with Crippen LogP contribution in [0.15, 0.2) is 36.4 Å². The third kappa shape index (κ3) is 4.98. The number of fused-ring (bicyclic) bond motifs is 2. The molecule has 0 bridgehead atoms. The number of alkyl halides is 1. The SMILES string of the molecule is CCN(CC)c1nc(OCCN2CC[C@H](F)C2)nc2c1CCN(c1cc(O)cc3ccccc13)C2. The van der Waals surface area contributed by atoms with E-state index < -0.39 is 6.17 Å². The molecular weight excluding hydrogens is 445 g/mol. The second-order valence-electron chi connectivity index (χ2n) is 9.32. The van der Waals surface area contributed by atoms with Crippen molar-refractivity contribution in [2.75, 3.05) is 55.7 Å². The first kappa shape index (κ1) is 23.6. The minimum Gasteiger partial charge on any atom is -0.508 e. The van der Waals surface area contributed by atoms with Crippen LogP contribution in [-0.2, 0) is 13.0 Å². The maximum absolute atomic E-state index is 13.5. The molecule has 0 amide bonds. The molecule has 1 aromatic heterocycles. The molecule has 1 atom stereocenters. The quantitative estimate of drug-likeness (QED) is 0.520. The molecule has 1 saturated heterocycles. The van der Waals surface area contributed by atoms with Crippen molar-refractivity contribution in [1.82, 2.24) is 14.9 Å². The van der Waals surface area contributed by atoms with Gasteiger partial charge in [-0.05, 0) is 38.1 Å². The molecule has 1 fully saturated rings. The van der Waals surface area contributed by atoms with E-state index in [4.69, 9.17) is 14.7 Å². The van der Waals surface area contributed by atoms with Crippen LogP contribution in [0.3, 0.4) is 0 Å². The highest BCUT2D eigenvalue weighted by Crippen LogP contribution is 2.36. The van der Waals surface area contributed by atoms with Gasteiger partial charge in [0.15, 0.2) is 0 Å². The van der Waals surface area contributed by atoms with E-state index in [1.54, 1.807) is 6.07 Å². The van der Waals surface area contributed by atoms with Gasteiger partial charge in [0.1, 0.15) is 24.3 Å². The molecule has 0 unspecified atom stereocenters. The Bertz CT molecular complexity index is 1190. The molecular formula is C27H34FN5O2. The van der Waals surface area contributed by atoms with Crippen LogP contribution in [0, 0.1) is 0 Å². The van der Waals surface area contributed by atoms with Crippen LogP contribution >= 0.6 is 0 Å². The summed E-state index contributed by atoms with van der Waals surface area (Å²) in [5, 5.41) is 12.5. The number of anilines is 2. The fourth-order valence-corrected chi connectivity index (χ4v) is 5.23. The van der Waals surface area contributed by atoms with Crippen LogP contribution in [0.5, 0.6) is 11.8 Å². The Labute approximate surface area is 206 Å². The molecule has 2 aliphatic heterocycles. The minimum atomic E-state index is -0.733. The Hall–Kier alpha value is -3.13. The maximum Gasteiger partial charge on any atom is 0.318 e. The molecule has 0 spiro atoms. The van der Waals surface area contributed by atoms with Gasteiger partial charge in [-0.1, -0.05) is 24.3 Å². The number of hydrogen-bond donors (Lipinski definition) is 1. The average Bonchev–Trinajstić information content (AvgIpc) is 3.28. The molecule has 35 heavy (non-hydrogen) atoms. The van der Waals surface area contributed by atoms with Gasteiger partial charge >= 0.3 is 6.01 Å².